The third-order valence-corrected chi connectivity index (χ3v) is 7.13. The maximum absolute atomic E-state index is 12.1. The van der Waals surface area contributed by atoms with Crippen LogP contribution < -0.4 is 14.9 Å². The van der Waals surface area contributed by atoms with E-state index >= 15 is 0 Å². The van der Waals surface area contributed by atoms with Crippen molar-refractivity contribution in [1.82, 2.24) is 14.5 Å². The predicted octanol–water partition coefficient (Wildman–Crippen LogP) is 2.12. The van der Waals surface area contributed by atoms with Gasteiger partial charge in [-0.25, -0.2) is 18.3 Å². The number of aromatic amines is 1. The third kappa shape index (κ3) is 5.49. The molecule has 0 amide bonds. The standard InChI is InChI=1S/C20H25N7O2S2/c1-14(2)13-31(28,29)25-16-4-6-17(7-5-16)30-26-11-19-21-8-9-27(19)20(12-26)22-18-10-15(3)23-24-18/h4-10,12,14,25H,11,13H2,1-3H3,(H2,22,23,24)/p+1. The zero-order chi connectivity index (χ0) is 22.0. The SMILES string of the molecule is Cc1cc(NC2=CN(Sc3ccc(NS(=O)(=O)CC(C)C)cc3)CC3=NC=C[NH+]23)n[nH]1. The van der Waals surface area contributed by atoms with Crippen LogP contribution in [-0.2, 0) is 10.0 Å². The van der Waals surface area contributed by atoms with Crippen molar-refractivity contribution in [3.63, 3.8) is 0 Å². The Morgan fingerprint density at radius 3 is 2.74 bits per heavy atom. The fourth-order valence-electron chi connectivity index (χ4n) is 3.30. The Hall–Kier alpha value is -2.76. The van der Waals surface area contributed by atoms with Crippen molar-refractivity contribution in [2.75, 3.05) is 22.3 Å². The van der Waals surface area contributed by atoms with Gasteiger partial charge in [0.15, 0.2) is 5.82 Å². The van der Waals surface area contributed by atoms with Gasteiger partial charge < -0.3 is 0 Å². The lowest BCUT2D eigenvalue weighted by atomic mass is 10.3. The van der Waals surface area contributed by atoms with E-state index in [2.05, 4.69) is 29.5 Å². The van der Waals surface area contributed by atoms with Crippen molar-refractivity contribution in [1.29, 1.82) is 0 Å². The van der Waals surface area contributed by atoms with E-state index in [4.69, 9.17) is 0 Å². The number of aryl methyl sites for hydroxylation is 1. The van der Waals surface area contributed by atoms with Crippen LogP contribution in [0.1, 0.15) is 19.5 Å². The molecule has 11 heteroatoms. The summed E-state index contributed by atoms with van der Waals surface area (Å²) in [5.41, 5.74) is 1.55. The van der Waals surface area contributed by atoms with Gasteiger partial charge in [0.05, 0.1) is 18.2 Å². The van der Waals surface area contributed by atoms with Crippen LogP contribution >= 0.6 is 11.9 Å². The van der Waals surface area contributed by atoms with Gasteiger partial charge >= 0.3 is 0 Å². The van der Waals surface area contributed by atoms with Gasteiger partial charge in [-0.1, -0.05) is 13.8 Å². The number of nitrogens with one attached hydrogen (secondary N) is 4. The molecule has 1 unspecified atom stereocenters. The molecule has 0 saturated heterocycles. The van der Waals surface area contributed by atoms with Crippen LogP contribution in [-0.4, -0.2) is 41.1 Å². The first-order valence-corrected chi connectivity index (χ1v) is 12.4. The number of sulfonamides is 1. The Morgan fingerprint density at radius 1 is 1.29 bits per heavy atom. The van der Waals surface area contributed by atoms with Crippen LogP contribution in [0.2, 0.25) is 0 Å². The summed E-state index contributed by atoms with van der Waals surface area (Å²) < 4.78 is 29.0. The second kappa shape index (κ2) is 8.77. The minimum absolute atomic E-state index is 0.0705. The Balaban J connectivity index is 1.45. The smallest absolute Gasteiger partial charge is 0.233 e. The molecule has 0 saturated carbocycles. The van der Waals surface area contributed by atoms with Crippen LogP contribution in [0.5, 0.6) is 0 Å². The van der Waals surface area contributed by atoms with E-state index in [1.165, 1.54) is 0 Å². The van der Waals surface area contributed by atoms with Gasteiger partial charge in [0.25, 0.3) is 0 Å². The van der Waals surface area contributed by atoms with Gasteiger partial charge in [-0.2, -0.15) is 5.10 Å². The van der Waals surface area contributed by atoms with Crippen molar-refractivity contribution in [3.05, 3.63) is 60.4 Å². The molecular weight excluding hydrogens is 434 g/mol. The maximum Gasteiger partial charge on any atom is 0.233 e. The highest BCUT2D eigenvalue weighted by Gasteiger charge is 2.32. The summed E-state index contributed by atoms with van der Waals surface area (Å²) in [6, 6.07) is 9.33. The number of H-pyrrole nitrogens is 1. The average molecular weight is 461 g/mol. The first-order valence-electron chi connectivity index (χ1n) is 9.94. The van der Waals surface area contributed by atoms with E-state index in [9.17, 15) is 8.42 Å². The highest BCUT2D eigenvalue weighted by atomic mass is 32.2. The second-order valence-electron chi connectivity index (χ2n) is 7.88. The van der Waals surface area contributed by atoms with Gasteiger partial charge in [-0.3, -0.25) is 19.4 Å². The molecule has 3 heterocycles. The molecule has 1 atom stereocenters. The molecule has 0 aliphatic carbocycles. The molecule has 0 bridgehead atoms. The van der Waals surface area contributed by atoms with Crippen molar-refractivity contribution >= 4 is 39.3 Å². The van der Waals surface area contributed by atoms with E-state index in [0.29, 0.717) is 12.2 Å². The lowest BCUT2D eigenvalue weighted by Gasteiger charge is -2.27. The lowest BCUT2D eigenvalue weighted by molar-refractivity contribution is -0.699. The molecule has 2 aliphatic heterocycles. The minimum atomic E-state index is -3.34. The van der Waals surface area contributed by atoms with Gasteiger partial charge in [0.1, 0.15) is 12.7 Å². The van der Waals surface area contributed by atoms with E-state index in [1.54, 1.807) is 24.1 Å². The Labute approximate surface area is 186 Å². The molecule has 4 rings (SSSR count). The van der Waals surface area contributed by atoms with E-state index in [1.807, 2.05) is 57.6 Å². The van der Waals surface area contributed by atoms with Crippen molar-refractivity contribution in [2.24, 2.45) is 10.9 Å². The molecule has 0 radical (unpaired) electrons. The normalized spacial score (nSPS) is 18.1. The zero-order valence-corrected chi connectivity index (χ0v) is 19.2. The maximum atomic E-state index is 12.1. The van der Waals surface area contributed by atoms with E-state index in [-0.39, 0.29) is 11.7 Å². The van der Waals surface area contributed by atoms with Crippen LogP contribution in [0.3, 0.4) is 0 Å². The summed E-state index contributed by atoms with van der Waals surface area (Å²) in [6.07, 6.45) is 5.84. The first-order chi connectivity index (χ1) is 14.8. The molecule has 31 heavy (non-hydrogen) atoms. The van der Waals surface area contributed by atoms with Crippen LogP contribution in [0, 0.1) is 12.8 Å². The number of quaternary nitrogens is 1. The van der Waals surface area contributed by atoms with Crippen LogP contribution in [0.15, 0.2) is 64.6 Å². The summed E-state index contributed by atoms with van der Waals surface area (Å²) in [4.78, 5) is 6.54. The molecule has 164 valence electrons. The second-order valence-corrected chi connectivity index (χ2v) is 10.8. The molecule has 1 aromatic heterocycles. The topological polar surface area (TPSA) is 107 Å². The minimum Gasteiger partial charge on any atom is -0.300 e. The predicted molar refractivity (Wildman–Crippen MR) is 124 cm³/mol. The Morgan fingerprint density at radius 2 is 2.06 bits per heavy atom. The zero-order valence-electron chi connectivity index (χ0n) is 17.6. The highest BCUT2D eigenvalue weighted by Crippen LogP contribution is 2.26. The van der Waals surface area contributed by atoms with Gasteiger partial charge in [0.2, 0.25) is 21.7 Å². The molecular formula is C20H26N7O2S2+. The van der Waals surface area contributed by atoms with Gasteiger partial charge in [-0.05, 0) is 49.1 Å². The quantitative estimate of drug-likeness (QED) is 0.450. The largest absolute Gasteiger partial charge is 0.300 e. The van der Waals surface area contributed by atoms with Crippen molar-refractivity contribution in [3.8, 4) is 0 Å². The highest BCUT2D eigenvalue weighted by molar-refractivity contribution is 7.97. The summed E-state index contributed by atoms with van der Waals surface area (Å²) >= 11 is 1.56. The number of rotatable bonds is 8. The van der Waals surface area contributed by atoms with Crippen LogP contribution in [0.4, 0.5) is 11.5 Å². The van der Waals surface area contributed by atoms with Crippen molar-refractivity contribution < 1.29 is 13.3 Å². The number of hydrogen-bond acceptors (Lipinski definition) is 7. The number of aromatic nitrogens is 2. The summed E-state index contributed by atoms with van der Waals surface area (Å²) in [5.74, 6) is 2.84. The number of benzene rings is 1. The van der Waals surface area contributed by atoms with Gasteiger partial charge in [-0.15, -0.1) is 0 Å². The number of nitrogens with zero attached hydrogens (tertiary/aromatic N) is 3. The number of amidine groups is 1. The lowest BCUT2D eigenvalue weighted by Crippen LogP contribution is -3.10. The fraction of sp³-hybridized carbons (Fsp3) is 0.300. The van der Waals surface area contributed by atoms with Crippen molar-refractivity contribution in [2.45, 2.75) is 25.7 Å². The van der Waals surface area contributed by atoms with E-state index < -0.39 is 10.0 Å². The number of hydrogen-bond donors (Lipinski definition) is 4. The number of anilines is 2. The molecule has 2 aromatic rings. The van der Waals surface area contributed by atoms with Gasteiger partial charge in [0, 0.05) is 22.3 Å². The molecule has 0 spiro atoms. The van der Waals surface area contributed by atoms with Crippen LogP contribution in [0.25, 0.3) is 0 Å². The summed E-state index contributed by atoms with van der Waals surface area (Å²) in [7, 11) is -3.34. The number of aliphatic imine (C=N–C) groups is 1. The number of fused-ring (bicyclic) bond motifs is 1. The fourth-order valence-corrected chi connectivity index (χ4v) is 5.63. The molecule has 2 aliphatic rings. The monoisotopic (exact) mass is 460 g/mol. The third-order valence-electron chi connectivity index (χ3n) is 4.52. The average Bonchev–Trinajstić information content (AvgIpc) is 3.31. The Bertz CT molecular complexity index is 1130. The van der Waals surface area contributed by atoms with E-state index in [0.717, 1.165) is 33.0 Å². The molecule has 4 N–H and O–H groups in total. The molecule has 0 fully saturated rings. The first kappa shape index (κ1) is 21.5. The molecule has 9 nitrogen and oxygen atoms in total. The summed E-state index contributed by atoms with van der Waals surface area (Å²) in [6.45, 7) is 6.39. The Kier molecular flexibility index (Phi) is 6.08. The summed E-state index contributed by atoms with van der Waals surface area (Å²) in [5, 5.41) is 10.5. The molecule has 1 aromatic carbocycles.